The van der Waals surface area contributed by atoms with Crippen LogP contribution in [0.5, 0.6) is 0 Å². The van der Waals surface area contributed by atoms with Crippen LogP contribution in [0.2, 0.25) is 0 Å². The predicted octanol–water partition coefficient (Wildman–Crippen LogP) is 9.85. The molecule has 0 saturated heterocycles. The summed E-state index contributed by atoms with van der Waals surface area (Å²) < 4.78 is 6.16. The summed E-state index contributed by atoms with van der Waals surface area (Å²) in [7, 11) is 0. The van der Waals surface area contributed by atoms with E-state index < -0.39 is 0 Å². The van der Waals surface area contributed by atoms with Gasteiger partial charge in [-0.15, -0.1) is 48.0 Å². The minimum absolute atomic E-state index is 0. The Morgan fingerprint density at radius 2 is 1.31 bits per heavy atom. The van der Waals surface area contributed by atoms with Gasteiger partial charge >= 0.3 is 20.1 Å². The van der Waals surface area contributed by atoms with Crippen molar-refractivity contribution in [1.82, 2.24) is 4.98 Å². The van der Waals surface area contributed by atoms with Crippen LogP contribution in [0.1, 0.15) is 39.4 Å². The Morgan fingerprint density at radius 3 is 1.97 bits per heavy atom. The van der Waals surface area contributed by atoms with E-state index in [4.69, 9.17) is 9.40 Å². The Balaban J connectivity index is 0.000000194. The van der Waals surface area contributed by atoms with Crippen LogP contribution in [0.25, 0.3) is 54.7 Å². The molecule has 6 rings (SSSR count). The van der Waals surface area contributed by atoms with Crippen molar-refractivity contribution in [1.29, 1.82) is 0 Å². The molecule has 0 radical (unpaired) electrons. The number of aromatic nitrogens is 1. The van der Waals surface area contributed by atoms with Gasteiger partial charge in [0.15, 0.2) is 0 Å². The number of para-hydroxylation sites is 2. The standard InChI is InChI=1S/C21H12NO.C13H20N2.Ir/c1-2-8-14(9-3-1)20-21-19(15-10-4-6-12-17(15)22-20)16-11-5-7-13-18(16)23-21;1-10(2)14-13(15-11(3)4)12-8-6-5-7-9-12;/h1-8,10-13H;5-11,13H,1-4H3;/q-1;-2;+3. The Kier molecular flexibility index (Phi) is 9.66. The van der Waals surface area contributed by atoms with E-state index in [-0.39, 0.29) is 26.3 Å². The molecule has 4 nitrogen and oxygen atoms in total. The SMILES string of the molecule is CC(C)[N-]C([N-]C(C)C)c1ccccc1.[Ir+3].[c-]1ccccc1-c1nc2ccccc2c2c1oc1ccccc12. The molecular formula is C34H32IrN3O. The molecule has 0 aliphatic heterocycles. The van der Waals surface area contributed by atoms with Crippen LogP contribution in [-0.2, 0) is 20.1 Å². The van der Waals surface area contributed by atoms with Crippen molar-refractivity contribution in [3.8, 4) is 11.3 Å². The van der Waals surface area contributed by atoms with E-state index in [1.165, 1.54) is 5.56 Å². The molecular weight excluding hydrogens is 659 g/mol. The molecule has 0 bridgehead atoms. The van der Waals surface area contributed by atoms with E-state index in [0.29, 0.717) is 12.1 Å². The monoisotopic (exact) mass is 691 g/mol. The molecule has 6 aromatic rings. The minimum Gasteiger partial charge on any atom is -0.672 e. The molecule has 39 heavy (non-hydrogen) atoms. The molecule has 0 aliphatic rings. The second-order valence-corrected chi connectivity index (χ2v) is 9.83. The van der Waals surface area contributed by atoms with E-state index in [1.807, 2.05) is 78.9 Å². The van der Waals surface area contributed by atoms with Gasteiger partial charge in [0.1, 0.15) is 11.2 Å². The maximum Gasteiger partial charge on any atom is 3.00 e. The van der Waals surface area contributed by atoms with E-state index in [9.17, 15) is 0 Å². The third-order valence-corrected chi connectivity index (χ3v) is 6.16. The Morgan fingerprint density at radius 1 is 0.692 bits per heavy atom. The molecule has 4 aromatic carbocycles. The Bertz CT molecular complexity index is 1620. The molecule has 0 amide bonds. The van der Waals surface area contributed by atoms with E-state index in [1.54, 1.807) is 0 Å². The van der Waals surface area contributed by atoms with Gasteiger partial charge in [-0.3, -0.25) is 4.98 Å². The van der Waals surface area contributed by atoms with Crippen LogP contribution in [0, 0.1) is 6.07 Å². The summed E-state index contributed by atoms with van der Waals surface area (Å²) in [6.07, 6.45) is -0.00815. The molecule has 0 atom stereocenters. The van der Waals surface area contributed by atoms with Gasteiger partial charge in [0.05, 0.1) is 5.52 Å². The number of pyridine rings is 1. The molecule has 0 saturated carbocycles. The number of hydrogen-bond acceptors (Lipinski definition) is 2. The van der Waals surface area contributed by atoms with Gasteiger partial charge in [-0.25, -0.2) is 6.17 Å². The van der Waals surface area contributed by atoms with Crippen LogP contribution in [0.15, 0.2) is 108 Å². The first-order valence-electron chi connectivity index (χ1n) is 13.1. The maximum atomic E-state index is 6.16. The maximum absolute atomic E-state index is 6.16. The second kappa shape index (κ2) is 13.1. The zero-order chi connectivity index (χ0) is 26.5. The molecule has 0 fully saturated rings. The molecule has 0 N–H and O–H groups in total. The topological polar surface area (TPSA) is 54.2 Å². The Labute approximate surface area is 244 Å². The first-order valence-corrected chi connectivity index (χ1v) is 13.1. The fourth-order valence-corrected chi connectivity index (χ4v) is 4.56. The fourth-order valence-electron chi connectivity index (χ4n) is 4.56. The summed E-state index contributed by atoms with van der Waals surface area (Å²) in [5.74, 6) is 0. The molecule has 198 valence electrons. The van der Waals surface area contributed by atoms with Gasteiger partial charge in [0.2, 0.25) is 0 Å². The average Bonchev–Trinajstić information content (AvgIpc) is 3.33. The third kappa shape index (κ3) is 6.63. The molecule has 0 spiro atoms. The molecule has 0 unspecified atom stereocenters. The predicted molar refractivity (Wildman–Crippen MR) is 159 cm³/mol. The fraction of sp³-hybridized carbons (Fsp3) is 0.206. The van der Waals surface area contributed by atoms with Gasteiger partial charge in [-0.05, 0) is 12.1 Å². The first-order chi connectivity index (χ1) is 18.5. The van der Waals surface area contributed by atoms with Crippen molar-refractivity contribution < 1.29 is 24.5 Å². The number of nitrogens with zero attached hydrogens (tertiary/aromatic N) is 3. The van der Waals surface area contributed by atoms with Crippen LogP contribution in [0.4, 0.5) is 0 Å². The van der Waals surface area contributed by atoms with Gasteiger partial charge in [0, 0.05) is 21.9 Å². The smallest absolute Gasteiger partial charge is 0.672 e. The largest absolute Gasteiger partial charge is 3.00 e. The van der Waals surface area contributed by atoms with Gasteiger partial charge in [-0.2, -0.15) is 0 Å². The molecule has 0 aliphatic carbocycles. The molecule has 5 heteroatoms. The van der Waals surface area contributed by atoms with Crippen molar-refractivity contribution in [2.45, 2.75) is 45.9 Å². The number of benzene rings is 4. The normalized spacial score (nSPS) is 11.3. The van der Waals surface area contributed by atoms with Crippen molar-refractivity contribution in [3.63, 3.8) is 0 Å². The number of fused-ring (bicyclic) bond motifs is 5. The van der Waals surface area contributed by atoms with Gasteiger partial charge in [-0.1, -0.05) is 100.0 Å². The van der Waals surface area contributed by atoms with Crippen molar-refractivity contribution >= 4 is 32.8 Å². The van der Waals surface area contributed by atoms with Crippen LogP contribution in [-0.4, -0.2) is 17.1 Å². The van der Waals surface area contributed by atoms with Crippen molar-refractivity contribution in [2.24, 2.45) is 0 Å². The number of hydrogen-bond donors (Lipinski definition) is 0. The average molecular weight is 691 g/mol. The number of rotatable bonds is 6. The van der Waals surface area contributed by atoms with Crippen molar-refractivity contribution in [2.75, 3.05) is 0 Å². The summed E-state index contributed by atoms with van der Waals surface area (Å²) in [5.41, 5.74) is 5.65. The van der Waals surface area contributed by atoms with Crippen LogP contribution in [0.3, 0.4) is 0 Å². The zero-order valence-corrected chi connectivity index (χ0v) is 25.0. The summed E-state index contributed by atoms with van der Waals surface area (Å²) in [4.78, 5) is 4.84. The minimum atomic E-state index is -0.00815. The third-order valence-electron chi connectivity index (χ3n) is 6.16. The quantitative estimate of drug-likeness (QED) is 0.164. The summed E-state index contributed by atoms with van der Waals surface area (Å²) in [6.45, 7) is 8.36. The first kappa shape index (κ1) is 28.7. The van der Waals surface area contributed by atoms with Gasteiger partial charge in [0.25, 0.3) is 0 Å². The van der Waals surface area contributed by atoms with E-state index in [0.717, 1.165) is 44.1 Å². The van der Waals surface area contributed by atoms with Gasteiger partial charge < -0.3 is 15.1 Å². The Hall–Kier alpha value is -3.34. The number of furan rings is 1. The molecule has 2 heterocycles. The van der Waals surface area contributed by atoms with Crippen molar-refractivity contribution in [3.05, 3.63) is 125 Å². The van der Waals surface area contributed by atoms with Crippen LogP contribution < -0.4 is 0 Å². The second-order valence-electron chi connectivity index (χ2n) is 9.83. The summed E-state index contributed by atoms with van der Waals surface area (Å²) in [5, 5.41) is 12.6. The zero-order valence-electron chi connectivity index (χ0n) is 22.6. The summed E-state index contributed by atoms with van der Waals surface area (Å²) in [6, 6.07) is 38.4. The van der Waals surface area contributed by atoms with E-state index in [2.05, 4.69) is 68.7 Å². The van der Waals surface area contributed by atoms with E-state index >= 15 is 0 Å². The molecule has 2 aromatic heterocycles. The van der Waals surface area contributed by atoms with Crippen LogP contribution >= 0.6 is 0 Å². The summed E-state index contributed by atoms with van der Waals surface area (Å²) >= 11 is 0.